The van der Waals surface area contributed by atoms with Crippen molar-refractivity contribution in [3.8, 4) is 0 Å². The molecule has 1 heterocycles. The van der Waals surface area contributed by atoms with Crippen molar-refractivity contribution in [3.05, 3.63) is 16.4 Å². The second-order valence-corrected chi connectivity index (χ2v) is 4.70. The predicted molar refractivity (Wildman–Crippen MR) is 59.3 cm³/mol. The average molecular weight is 266 g/mol. The number of rotatable bonds is 3. The number of hydrogen-bond donors (Lipinski definition) is 0. The SMILES string of the molecule is CCn1ncc(Br)c1C(C)C(C)Cl. The van der Waals surface area contributed by atoms with Gasteiger partial charge >= 0.3 is 0 Å². The molecule has 0 bridgehead atoms. The molecular weight excluding hydrogens is 251 g/mol. The lowest BCUT2D eigenvalue weighted by molar-refractivity contribution is 0.575. The summed E-state index contributed by atoms with van der Waals surface area (Å²) in [7, 11) is 0. The Hall–Kier alpha value is -0.0200. The molecule has 74 valence electrons. The maximum Gasteiger partial charge on any atom is 0.0635 e. The Bertz CT molecular complexity index is 283. The summed E-state index contributed by atoms with van der Waals surface area (Å²) in [6.45, 7) is 7.08. The first-order valence-corrected chi connectivity index (χ1v) is 5.66. The Balaban J connectivity index is 3.03. The van der Waals surface area contributed by atoms with Gasteiger partial charge in [-0.15, -0.1) is 11.6 Å². The van der Waals surface area contributed by atoms with Gasteiger partial charge in [0.15, 0.2) is 0 Å². The van der Waals surface area contributed by atoms with E-state index in [0.717, 1.165) is 11.0 Å². The molecule has 1 aromatic heterocycles. The van der Waals surface area contributed by atoms with Crippen LogP contribution in [0.2, 0.25) is 0 Å². The number of nitrogens with zero attached hydrogens (tertiary/aromatic N) is 2. The molecule has 0 aliphatic carbocycles. The van der Waals surface area contributed by atoms with Gasteiger partial charge in [-0.2, -0.15) is 5.10 Å². The number of hydrogen-bond acceptors (Lipinski definition) is 1. The van der Waals surface area contributed by atoms with Crippen LogP contribution >= 0.6 is 27.5 Å². The molecule has 4 heteroatoms. The topological polar surface area (TPSA) is 17.8 Å². The Morgan fingerprint density at radius 3 is 2.69 bits per heavy atom. The largest absolute Gasteiger partial charge is 0.268 e. The molecule has 2 nitrogen and oxygen atoms in total. The standard InChI is InChI=1S/C9H14BrClN2/c1-4-13-9(6(2)7(3)11)8(10)5-12-13/h5-7H,4H2,1-3H3. The van der Waals surface area contributed by atoms with Crippen molar-refractivity contribution < 1.29 is 0 Å². The molecule has 0 fully saturated rings. The van der Waals surface area contributed by atoms with Gasteiger partial charge < -0.3 is 0 Å². The van der Waals surface area contributed by atoms with E-state index in [2.05, 4.69) is 34.9 Å². The van der Waals surface area contributed by atoms with Crippen molar-refractivity contribution in [2.75, 3.05) is 0 Å². The molecule has 0 saturated heterocycles. The summed E-state index contributed by atoms with van der Waals surface area (Å²) in [4.78, 5) is 0. The van der Waals surface area contributed by atoms with E-state index in [1.165, 1.54) is 5.69 Å². The van der Waals surface area contributed by atoms with Crippen LogP contribution in [0.25, 0.3) is 0 Å². The van der Waals surface area contributed by atoms with Crippen LogP contribution in [-0.4, -0.2) is 15.2 Å². The Morgan fingerprint density at radius 2 is 2.23 bits per heavy atom. The second kappa shape index (κ2) is 4.47. The van der Waals surface area contributed by atoms with E-state index >= 15 is 0 Å². The second-order valence-electron chi connectivity index (χ2n) is 3.16. The molecule has 2 unspecified atom stereocenters. The quantitative estimate of drug-likeness (QED) is 0.766. The van der Waals surface area contributed by atoms with E-state index in [1.807, 2.05) is 17.8 Å². The normalized spacial score (nSPS) is 15.8. The molecule has 0 amide bonds. The Kier molecular flexibility index (Phi) is 3.80. The minimum Gasteiger partial charge on any atom is -0.268 e. The van der Waals surface area contributed by atoms with Crippen LogP contribution in [-0.2, 0) is 6.54 Å². The van der Waals surface area contributed by atoms with Crippen molar-refractivity contribution >= 4 is 27.5 Å². The number of aryl methyl sites for hydroxylation is 1. The summed E-state index contributed by atoms with van der Waals surface area (Å²) in [5, 5.41) is 4.37. The minimum absolute atomic E-state index is 0.123. The van der Waals surface area contributed by atoms with E-state index in [9.17, 15) is 0 Å². The third kappa shape index (κ3) is 2.26. The van der Waals surface area contributed by atoms with E-state index < -0.39 is 0 Å². The molecular formula is C9H14BrClN2. The van der Waals surface area contributed by atoms with E-state index in [0.29, 0.717) is 5.92 Å². The van der Waals surface area contributed by atoms with Crippen molar-refractivity contribution in [3.63, 3.8) is 0 Å². The summed E-state index contributed by atoms with van der Waals surface area (Å²) >= 11 is 9.54. The summed E-state index contributed by atoms with van der Waals surface area (Å²) in [6, 6.07) is 0. The molecule has 0 saturated carbocycles. The van der Waals surface area contributed by atoms with Gasteiger partial charge in [0, 0.05) is 17.8 Å². The van der Waals surface area contributed by atoms with Crippen molar-refractivity contribution in [2.24, 2.45) is 0 Å². The summed E-state index contributed by atoms with van der Waals surface area (Å²) in [5.41, 5.74) is 1.19. The van der Waals surface area contributed by atoms with Crippen LogP contribution in [0.3, 0.4) is 0 Å². The van der Waals surface area contributed by atoms with Gasteiger partial charge in [-0.1, -0.05) is 6.92 Å². The fourth-order valence-corrected chi connectivity index (χ4v) is 2.07. The molecule has 0 radical (unpaired) electrons. The lowest BCUT2D eigenvalue weighted by Gasteiger charge is -2.15. The van der Waals surface area contributed by atoms with Crippen LogP contribution < -0.4 is 0 Å². The number of aromatic nitrogens is 2. The van der Waals surface area contributed by atoms with Crippen LogP contribution in [0.4, 0.5) is 0 Å². The first kappa shape index (κ1) is 11.1. The van der Waals surface area contributed by atoms with E-state index in [4.69, 9.17) is 11.6 Å². The third-order valence-electron chi connectivity index (χ3n) is 2.25. The molecule has 1 rings (SSSR count). The Morgan fingerprint density at radius 1 is 1.62 bits per heavy atom. The van der Waals surface area contributed by atoms with Gasteiger partial charge in [0.25, 0.3) is 0 Å². The molecule has 0 N–H and O–H groups in total. The molecule has 0 aromatic carbocycles. The summed E-state index contributed by atoms with van der Waals surface area (Å²) in [6.07, 6.45) is 1.83. The van der Waals surface area contributed by atoms with Crippen molar-refractivity contribution in [1.29, 1.82) is 0 Å². The molecule has 13 heavy (non-hydrogen) atoms. The molecule has 2 atom stereocenters. The van der Waals surface area contributed by atoms with E-state index in [1.54, 1.807) is 0 Å². The summed E-state index contributed by atoms with van der Waals surface area (Å²) in [5.74, 6) is 0.318. The highest BCUT2D eigenvalue weighted by Gasteiger charge is 2.19. The van der Waals surface area contributed by atoms with Gasteiger partial charge in [0.1, 0.15) is 0 Å². The maximum absolute atomic E-state index is 6.06. The van der Waals surface area contributed by atoms with Gasteiger partial charge in [0.2, 0.25) is 0 Å². The molecule has 0 spiro atoms. The monoisotopic (exact) mass is 264 g/mol. The van der Waals surface area contributed by atoms with Crippen LogP contribution in [0, 0.1) is 0 Å². The van der Waals surface area contributed by atoms with Gasteiger partial charge in [-0.05, 0) is 29.8 Å². The zero-order valence-corrected chi connectivity index (χ0v) is 10.4. The molecule has 0 aliphatic heterocycles. The van der Waals surface area contributed by atoms with Crippen molar-refractivity contribution in [2.45, 2.75) is 38.6 Å². The van der Waals surface area contributed by atoms with Crippen LogP contribution in [0.1, 0.15) is 32.4 Å². The van der Waals surface area contributed by atoms with Gasteiger partial charge in [0.05, 0.1) is 16.4 Å². The third-order valence-corrected chi connectivity index (χ3v) is 3.24. The summed E-state index contributed by atoms with van der Waals surface area (Å²) < 4.78 is 3.03. The zero-order valence-electron chi connectivity index (χ0n) is 8.09. The van der Waals surface area contributed by atoms with Crippen LogP contribution in [0.5, 0.6) is 0 Å². The lowest BCUT2D eigenvalue weighted by Crippen LogP contribution is -2.12. The fraction of sp³-hybridized carbons (Fsp3) is 0.667. The zero-order chi connectivity index (χ0) is 10.0. The van der Waals surface area contributed by atoms with Crippen molar-refractivity contribution in [1.82, 2.24) is 9.78 Å². The first-order valence-electron chi connectivity index (χ1n) is 4.43. The molecule has 0 aliphatic rings. The first-order chi connectivity index (χ1) is 6.07. The van der Waals surface area contributed by atoms with Gasteiger partial charge in [-0.3, -0.25) is 4.68 Å². The smallest absolute Gasteiger partial charge is 0.0635 e. The number of halogens is 2. The average Bonchev–Trinajstić information content (AvgIpc) is 2.45. The number of alkyl halides is 1. The highest BCUT2D eigenvalue weighted by Crippen LogP contribution is 2.29. The van der Waals surface area contributed by atoms with Crippen LogP contribution in [0.15, 0.2) is 10.7 Å². The highest BCUT2D eigenvalue weighted by molar-refractivity contribution is 9.10. The fourth-order valence-electron chi connectivity index (χ4n) is 1.29. The predicted octanol–water partition coefficient (Wildman–Crippen LogP) is 3.40. The Labute approximate surface area is 92.4 Å². The maximum atomic E-state index is 6.06. The molecule has 1 aromatic rings. The lowest BCUT2D eigenvalue weighted by atomic mass is 10.1. The minimum atomic E-state index is 0.123. The highest BCUT2D eigenvalue weighted by atomic mass is 79.9. The van der Waals surface area contributed by atoms with E-state index in [-0.39, 0.29) is 5.38 Å². The van der Waals surface area contributed by atoms with Gasteiger partial charge in [-0.25, -0.2) is 0 Å².